The van der Waals surface area contributed by atoms with E-state index in [1.165, 1.54) is 0 Å². The summed E-state index contributed by atoms with van der Waals surface area (Å²) in [6, 6.07) is 12.6. The van der Waals surface area contributed by atoms with Crippen molar-refractivity contribution in [1.82, 2.24) is 9.97 Å². The Morgan fingerprint density at radius 3 is 2.92 bits per heavy atom. The summed E-state index contributed by atoms with van der Waals surface area (Å²) < 4.78 is 5.76. The van der Waals surface area contributed by atoms with E-state index >= 15 is 0 Å². The van der Waals surface area contributed by atoms with Crippen LogP contribution in [0.15, 0.2) is 53.1 Å². The average Bonchev–Trinajstić information content (AvgIpc) is 3.40. The Labute approximate surface area is 154 Å². The van der Waals surface area contributed by atoms with Crippen molar-refractivity contribution in [3.05, 3.63) is 65.1 Å². The monoisotopic (exact) mass is 363 g/mol. The van der Waals surface area contributed by atoms with E-state index in [9.17, 15) is 4.79 Å². The van der Waals surface area contributed by atoms with Crippen LogP contribution in [0.1, 0.15) is 35.0 Å². The molecule has 0 unspecified atom stereocenters. The zero-order valence-corrected chi connectivity index (χ0v) is 14.5. The van der Waals surface area contributed by atoms with Gasteiger partial charge in [-0.25, -0.2) is 4.98 Å². The van der Waals surface area contributed by atoms with E-state index < -0.39 is 0 Å². The summed E-state index contributed by atoms with van der Waals surface area (Å²) in [6.07, 6.45) is 3.92. The van der Waals surface area contributed by atoms with E-state index in [1.807, 2.05) is 30.3 Å². The summed E-state index contributed by atoms with van der Waals surface area (Å²) in [5.41, 5.74) is 3.20. The van der Waals surface area contributed by atoms with Gasteiger partial charge in [-0.05, 0) is 49.2 Å². The fourth-order valence-electron chi connectivity index (χ4n) is 3.06. The Morgan fingerprint density at radius 2 is 2.08 bits per heavy atom. The SMILES string of the molecule is O=C(Nc1ccc2oc(C3CC3)nc2c1)c1cc(Cl)cc2cccnc12. The van der Waals surface area contributed by atoms with Gasteiger partial charge in [0, 0.05) is 28.2 Å². The first kappa shape index (κ1) is 15.3. The molecule has 1 amide bonds. The van der Waals surface area contributed by atoms with E-state index in [-0.39, 0.29) is 5.91 Å². The van der Waals surface area contributed by atoms with Gasteiger partial charge in [-0.1, -0.05) is 17.7 Å². The summed E-state index contributed by atoms with van der Waals surface area (Å²) in [4.78, 5) is 21.6. The highest BCUT2D eigenvalue weighted by molar-refractivity contribution is 6.32. The molecule has 2 heterocycles. The number of hydrogen-bond acceptors (Lipinski definition) is 4. The van der Waals surface area contributed by atoms with Crippen LogP contribution in [0.25, 0.3) is 22.0 Å². The number of amides is 1. The molecule has 5 nitrogen and oxygen atoms in total. The molecule has 2 aromatic heterocycles. The molecule has 1 aliphatic carbocycles. The Morgan fingerprint density at radius 1 is 1.19 bits per heavy atom. The molecule has 2 aromatic carbocycles. The lowest BCUT2D eigenvalue weighted by atomic mass is 10.1. The maximum absolute atomic E-state index is 12.8. The van der Waals surface area contributed by atoms with Gasteiger partial charge in [0.25, 0.3) is 5.91 Å². The fourth-order valence-corrected chi connectivity index (χ4v) is 3.28. The predicted molar refractivity (Wildman–Crippen MR) is 101 cm³/mol. The molecule has 1 aliphatic rings. The Hall–Kier alpha value is -2.92. The largest absolute Gasteiger partial charge is 0.440 e. The van der Waals surface area contributed by atoms with Gasteiger partial charge in [-0.15, -0.1) is 0 Å². The van der Waals surface area contributed by atoms with Crippen molar-refractivity contribution in [1.29, 1.82) is 0 Å². The molecular formula is C20H14ClN3O2. The maximum atomic E-state index is 12.8. The third-order valence-corrected chi connectivity index (χ3v) is 4.72. The number of hydrogen-bond donors (Lipinski definition) is 1. The second-order valence-corrected chi connectivity index (χ2v) is 6.93. The molecule has 1 N–H and O–H groups in total. The first-order valence-corrected chi connectivity index (χ1v) is 8.81. The Kier molecular flexibility index (Phi) is 3.43. The highest BCUT2D eigenvalue weighted by Crippen LogP contribution is 2.40. The zero-order chi connectivity index (χ0) is 17.7. The zero-order valence-electron chi connectivity index (χ0n) is 13.7. The smallest absolute Gasteiger partial charge is 0.257 e. The summed E-state index contributed by atoms with van der Waals surface area (Å²) in [5, 5.41) is 4.23. The number of benzene rings is 2. The van der Waals surface area contributed by atoms with Crippen molar-refractivity contribution in [3.8, 4) is 0 Å². The van der Waals surface area contributed by atoms with Crippen LogP contribution >= 0.6 is 11.6 Å². The standard InChI is InChI=1S/C20H14ClN3O2/c21-13-8-12-2-1-7-22-18(12)15(9-13)19(25)23-14-5-6-17-16(10-14)24-20(26-17)11-3-4-11/h1-2,5-11H,3-4H2,(H,23,25). The molecule has 5 rings (SSSR count). The highest BCUT2D eigenvalue weighted by Gasteiger charge is 2.28. The summed E-state index contributed by atoms with van der Waals surface area (Å²) in [6.45, 7) is 0. The normalized spacial score (nSPS) is 14.0. The maximum Gasteiger partial charge on any atom is 0.257 e. The quantitative estimate of drug-likeness (QED) is 0.546. The van der Waals surface area contributed by atoms with Crippen molar-refractivity contribution in [2.24, 2.45) is 0 Å². The van der Waals surface area contributed by atoms with E-state index in [0.29, 0.717) is 27.7 Å². The van der Waals surface area contributed by atoms with Crippen LogP contribution in [0.5, 0.6) is 0 Å². The first-order chi connectivity index (χ1) is 12.7. The number of halogens is 1. The minimum atomic E-state index is -0.263. The molecular weight excluding hydrogens is 350 g/mol. The van der Waals surface area contributed by atoms with Crippen LogP contribution in [0.4, 0.5) is 5.69 Å². The second kappa shape index (κ2) is 5.81. The highest BCUT2D eigenvalue weighted by atomic mass is 35.5. The van der Waals surface area contributed by atoms with Crippen molar-refractivity contribution < 1.29 is 9.21 Å². The number of nitrogens with zero attached hydrogens (tertiary/aromatic N) is 2. The number of anilines is 1. The molecule has 128 valence electrons. The van der Waals surface area contributed by atoms with Gasteiger partial charge in [0.05, 0.1) is 11.1 Å². The number of oxazole rings is 1. The van der Waals surface area contributed by atoms with Gasteiger partial charge >= 0.3 is 0 Å². The molecule has 0 radical (unpaired) electrons. The molecule has 0 aliphatic heterocycles. The van der Waals surface area contributed by atoms with Crippen LogP contribution in [0.2, 0.25) is 5.02 Å². The number of carbonyl (C=O) groups excluding carboxylic acids is 1. The molecule has 0 atom stereocenters. The second-order valence-electron chi connectivity index (χ2n) is 6.49. The van der Waals surface area contributed by atoms with Crippen molar-refractivity contribution in [2.45, 2.75) is 18.8 Å². The van der Waals surface area contributed by atoms with Gasteiger partial charge in [-0.3, -0.25) is 9.78 Å². The lowest BCUT2D eigenvalue weighted by Crippen LogP contribution is -2.12. The number of nitrogens with one attached hydrogen (secondary N) is 1. The average molecular weight is 364 g/mol. The van der Waals surface area contributed by atoms with Crippen molar-refractivity contribution in [3.63, 3.8) is 0 Å². The van der Waals surface area contributed by atoms with Crippen LogP contribution in [0.3, 0.4) is 0 Å². The molecule has 0 spiro atoms. The Bertz CT molecular complexity index is 1160. The molecule has 1 saturated carbocycles. The Balaban J connectivity index is 1.49. The molecule has 4 aromatic rings. The molecule has 0 bridgehead atoms. The van der Waals surface area contributed by atoms with Crippen molar-refractivity contribution >= 4 is 45.2 Å². The van der Waals surface area contributed by atoms with E-state index in [0.717, 1.165) is 35.2 Å². The van der Waals surface area contributed by atoms with Crippen LogP contribution < -0.4 is 5.32 Å². The summed E-state index contributed by atoms with van der Waals surface area (Å²) in [7, 11) is 0. The molecule has 6 heteroatoms. The minimum Gasteiger partial charge on any atom is -0.440 e. The number of rotatable bonds is 3. The van der Waals surface area contributed by atoms with E-state index in [1.54, 1.807) is 18.3 Å². The number of carbonyl (C=O) groups is 1. The first-order valence-electron chi connectivity index (χ1n) is 8.43. The number of aromatic nitrogens is 2. The van der Waals surface area contributed by atoms with Gasteiger partial charge < -0.3 is 9.73 Å². The lowest BCUT2D eigenvalue weighted by molar-refractivity contribution is 0.102. The van der Waals surface area contributed by atoms with Gasteiger partial charge in [-0.2, -0.15) is 0 Å². The van der Waals surface area contributed by atoms with Crippen LogP contribution in [0, 0.1) is 0 Å². The van der Waals surface area contributed by atoms with Gasteiger partial charge in [0.15, 0.2) is 11.5 Å². The van der Waals surface area contributed by atoms with Gasteiger partial charge in [0.1, 0.15) is 5.52 Å². The number of pyridine rings is 1. The molecule has 26 heavy (non-hydrogen) atoms. The molecule has 1 fully saturated rings. The van der Waals surface area contributed by atoms with E-state index in [2.05, 4.69) is 15.3 Å². The number of fused-ring (bicyclic) bond motifs is 2. The van der Waals surface area contributed by atoms with Gasteiger partial charge in [0.2, 0.25) is 0 Å². The lowest BCUT2D eigenvalue weighted by Gasteiger charge is -2.08. The summed E-state index contributed by atoms with van der Waals surface area (Å²) >= 11 is 6.16. The topological polar surface area (TPSA) is 68.0 Å². The van der Waals surface area contributed by atoms with Crippen LogP contribution in [-0.2, 0) is 0 Å². The third-order valence-electron chi connectivity index (χ3n) is 4.50. The molecule has 0 saturated heterocycles. The van der Waals surface area contributed by atoms with Crippen molar-refractivity contribution in [2.75, 3.05) is 5.32 Å². The fraction of sp³-hybridized carbons (Fsp3) is 0.150. The predicted octanol–water partition coefficient (Wildman–Crippen LogP) is 5.16. The summed E-state index contributed by atoms with van der Waals surface area (Å²) in [5.74, 6) is 0.972. The van der Waals surface area contributed by atoms with E-state index in [4.69, 9.17) is 16.0 Å². The third kappa shape index (κ3) is 2.70. The van der Waals surface area contributed by atoms with Crippen LogP contribution in [-0.4, -0.2) is 15.9 Å². The minimum absolute atomic E-state index is 0.263.